The topological polar surface area (TPSA) is 73.1 Å². The summed E-state index contributed by atoms with van der Waals surface area (Å²) >= 11 is 0. The van der Waals surface area contributed by atoms with Crippen LogP contribution in [0.2, 0.25) is 0 Å². The minimum absolute atomic E-state index is 0.0105. The van der Waals surface area contributed by atoms with Gasteiger partial charge in [0.1, 0.15) is 6.10 Å². The molecule has 0 bridgehead atoms. The van der Waals surface area contributed by atoms with Crippen LogP contribution in [0.4, 0.5) is 0 Å². The van der Waals surface area contributed by atoms with Crippen LogP contribution in [0.1, 0.15) is 42.6 Å². The van der Waals surface area contributed by atoms with Crippen molar-refractivity contribution in [3.63, 3.8) is 0 Å². The van der Waals surface area contributed by atoms with Crippen LogP contribution in [-0.2, 0) is 34.4 Å². The fraction of sp³-hybridized carbons (Fsp3) is 0.583. The molecule has 2 saturated heterocycles. The van der Waals surface area contributed by atoms with Gasteiger partial charge in [-0.3, -0.25) is 4.68 Å². The second kappa shape index (κ2) is 11.4. The molecule has 4 rings (SSSR count). The predicted molar refractivity (Wildman–Crippen MR) is 123 cm³/mol. The Morgan fingerprint density at radius 2 is 1.97 bits per heavy atom. The van der Waals surface area contributed by atoms with Crippen LogP contribution in [0.3, 0.4) is 0 Å². The van der Waals surface area contributed by atoms with Crippen molar-refractivity contribution in [1.29, 1.82) is 0 Å². The van der Waals surface area contributed by atoms with Crippen LogP contribution >= 0.6 is 0 Å². The van der Waals surface area contributed by atoms with Gasteiger partial charge >= 0.3 is 0 Å². The molecule has 1 aromatic heterocycles. The van der Waals surface area contributed by atoms with Gasteiger partial charge in [0.2, 0.25) is 0 Å². The highest BCUT2D eigenvalue weighted by Crippen LogP contribution is 2.22. The number of aliphatic imine (C=N–C) groups is 1. The number of nitrogens with zero attached hydrogens (tertiary/aromatic N) is 4. The number of hydrogen-bond donors (Lipinski definition) is 1. The van der Waals surface area contributed by atoms with Gasteiger partial charge in [0.15, 0.2) is 5.96 Å². The molecule has 2 aromatic rings. The lowest BCUT2D eigenvalue weighted by Gasteiger charge is -2.34. The van der Waals surface area contributed by atoms with Gasteiger partial charge in [-0.2, -0.15) is 5.10 Å². The molecule has 1 N–H and O–H groups in total. The van der Waals surface area contributed by atoms with Gasteiger partial charge in [-0.1, -0.05) is 24.3 Å². The number of nitrogens with one attached hydrogen (secondary N) is 1. The second-order valence-electron chi connectivity index (χ2n) is 8.36. The minimum Gasteiger partial charge on any atom is -0.381 e. The van der Waals surface area contributed by atoms with Gasteiger partial charge < -0.3 is 24.4 Å². The van der Waals surface area contributed by atoms with Gasteiger partial charge in [-0.15, -0.1) is 0 Å². The Balaban J connectivity index is 1.33. The SMILES string of the molecule is CCNC(=NCc1ccc(COC2CCOCC2)cc1)N1CCOC(c2cnn(C)c2)C1. The number of aryl methyl sites for hydroxylation is 1. The van der Waals surface area contributed by atoms with E-state index >= 15 is 0 Å². The van der Waals surface area contributed by atoms with Crippen molar-refractivity contribution in [2.45, 2.75) is 45.1 Å². The third-order valence-corrected chi connectivity index (χ3v) is 5.89. The standard InChI is InChI=1S/C24H35N5O3/c1-3-25-24(29-10-13-31-23(17-29)21-15-27-28(2)16-21)26-14-19-4-6-20(7-5-19)18-32-22-8-11-30-12-9-22/h4-7,15-16,22-23H,3,8-14,17-18H2,1-2H3,(H,25,26). The van der Waals surface area contributed by atoms with Crippen molar-refractivity contribution in [2.75, 3.05) is 39.5 Å². The van der Waals surface area contributed by atoms with E-state index in [0.29, 0.717) is 25.9 Å². The molecule has 0 spiro atoms. The highest BCUT2D eigenvalue weighted by molar-refractivity contribution is 5.80. The lowest BCUT2D eigenvalue weighted by molar-refractivity contribution is -0.0390. The molecule has 174 valence electrons. The monoisotopic (exact) mass is 441 g/mol. The van der Waals surface area contributed by atoms with E-state index in [-0.39, 0.29) is 6.10 Å². The van der Waals surface area contributed by atoms with E-state index in [0.717, 1.165) is 57.2 Å². The molecule has 3 heterocycles. The Morgan fingerprint density at radius 1 is 1.19 bits per heavy atom. The van der Waals surface area contributed by atoms with E-state index < -0.39 is 0 Å². The average molecular weight is 442 g/mol. The zero-order valence-corrected chi connectivity index (χ0v) is 19.2. The van der Waals surface area contributed by atoms with E-state index in [4.69, 9.17) is 19.2 Å². The third-order valence-electron chi connectivity index (χ3n) is 5.89. The summed E-state index contributed by atoms with van der Waals surface area (Å²) in [6, 6.07) is 8.58. The van der Waals surface area contributed by atoms with Crippen molar-refractivity contribution in [3.05, 3.63) is 53.3 Å². The molecule has 8 heteroatoms. The van der Waals surface area contributed by atoms with E-state index in [1.54, 1.807) is 0 Å². The first-order chi connectivity index (χ1) is 15.7. The number of guanidine groups is 1. The van der Waals surface area contributed by atoms with Crippen LogP contribution < -0.4 is 5.32 Å². The lowest BCUT2D eigenvalue weighted by atomic mass is 10.1. The highest BCUT2D eigenvalue weighted by Gasteiger charge is 2.25. The molecular formula is C24H35N5O3. The summed E-state index contributed by atoms with van der Waals surface area (Å²) in [6.45, 7) is 8.09. The van der Waals surface area contributed by atoms with Crippen molar-refractivity contribution in [2.24, 2.45) is 12.0 Å². The largest absolute Gasteiger partial charge is 0.381 e. The molecule has 1 unspecified atom stereocenters. The fourth-order valence-electron chi connectivity index (χ4n) is 4.04. The third kappa shape index (κ3) is 6.31. The number of morpholine rings is 1. The Kier molecular flexibility index (Phi) is 8.14. The highest BCUT2D eigenvalue weighted by atomic mass is 16.5. The molecule has 32 heavy (non-hydrogen) atoms. The molecule has 0 aliphatic carbocycles. The normalized spacial score (nSPS) is 20.5. The molecule has 2 aliphatic rings. The molecule has 1 atom stereocenters. The van der Waals surface area contributed by atoms with Crippen molar-refractivity contribution in [1.82, 2.24) is 20.0 Å². The maximum atomic E-state index is 6.02. The van der Waals surface area contributed by atoms with Gasteiger partial charge in [0, 0.05) is 45.1 Å². The zero-order valence-electron chi connectivity index (χ0n) is 19.2. The van der Waals surface area contributed by atoms with E-state index in [1.165, 1.54) is 11.1 Å². The molecule has 0 radical (unpaired) electrons. The Morgan fingerprint density at radius 3 is 2.69 bits per heavy atom. The summed E-state index contributed by atoms with van der Waals surface area (Å²) in [6.07, 6.45) is 6.21. The van der Waals surface area contributed by atoms with Crippen LogP contribution in [0.25, 0.3) is 0 Å². The number of benzene rings is 1. The molecule has 0 saturated carbocycles. The molecule has 2 fully saturated rings. The number of rotatable bonds is 7. The number of aromatic nitrogens is 2. The number of ether oxygens (including phenoxy) is 3. The summed E-state index contributed by atoms with van der Waals surface area (Å²) < 4.78 is 19.2. The number of hydrogen-bond acceptors (Lipinski definition) is 5. The first kappa shape index (κ1) is 22.8. The first-order valence-electron chi connectivity index (χ1n) is 11.6. The Bertz CT molecular complexity index is 861. The van der Waals surface area contributed by atoms with E-state index in [1.807, 2.05) is 24.1 Å². The lowest BCUT2D eigenvalue weighted by Crippen LogP contribution is -2.48. The Hall–Kier alpha value is -2.42. The maximum absolute atomic E-state index is 6.02. The molecule has 2 aliphatic heterocycles. The van der Waals surface area contributed by atoms with Crippen molar-refractivity contribution < 1.29 is 14.2 Å². The van der Waals surface area contributed by atoms with Crippen LogP contribution in [0.15, 0.2) is 41.7 Å². The van der Waals surface area contributed by atoms with Gasteiger partial charge in [0.05, 0.1) is 38.6 Å². The fourth-order valence-corrected chi connectivity index (χ4v) is 4.04. The van der Waals surface area contributed by atoms with E-state index in [9.17, 15) is 0 Å². The van der Waals surface area contributed by atoms with Gasteiger partial charge in [-0.05, 0) is 30.9 Å². The molecular weight excluding hydrogens is 406 g/mol. The predicted octanol–water partition coefficient (Wildman–Crippen LogP) is 2.65. The Labute approximate surface area is 190 Å². The van der Waals surface area contributed by atoms with Crippen LogP contribution in [-0.4, -0.2) is 66.2 Å². The molecule has 8 nitrogen and oxygen atoms in total. The summed E-state index contributed by atoms with van der Waals surface area (Å²) in [5.41, 5.74) is 3.49. The molecule has 1 aromatic carbocycles. The zero-order chi connectivity index (χ0) is 22.2. The summed E-state index contributed by atoms with van der Waals surface area (Å²) in [4.78, 5) is 7.18. The smallest absolute Gasteiger partial charge is 0.194 e. The minimum atomic E-state index is 0.0105. The summed E-state index contributed by atoms with van der Waals surface area (Å²) in [7, 11) is 1.93. The van der Waals surface area contributed by atoms with E-state index in [2.05, 4.69) is 46.5 Å². The maximum Gasteiger partial charge on any atom is 0.194 e. The quantitative estimate of drug-likeness (QED) is 0.526. The summed E-state index contributed by atoms with van der Waals surface area (Å²) in [5.74, 6) is 0.927. The first-order valence-corrected chi connectivity index (χ1v) is 11.6. The average Bonchev–Trinajstić information content (AvgIpc) is 3.28. The molecule has 0 amide bonds. The van der Waals surface area contributed by atoms with Crippen molar-refractivity contribution in [3.8, 4) is 0 Å². The van der Waals surface area contributed by atoms with Gasteiger partial charge in [0.25, 0.3) is 0 Å². The van der Waals surface area contributed by atoms with Gasteiger partial charge in [-0.25, -0.2) is 4.99 Å². The second-order valence-corrected chi connectivity index (χ2v) is 8.36. The van der Waals surface area contributed by atoms with Crippen LogP contribution in [0, 0.1) is 0 Å². The summed E-state index contributed by atoms with van der Waals surface area (Å²) in [5, 5.41) is 7.72. The van der Waals surface area contributed by atoms with Crippen LogP contribution in [0.5, 0.6) is 0 Å². The van der Waals surface area contributed by atoms with Crippen molar-refractivity contribution >= 4 is 5.96 Å².